The lowest BCUT2D eigenvalue weighted by Gasteiger charge is -2.20. The SMILES string of the molecule is COc1cccc(CCc2cc(Oc3cccc(CCc4ccc(C(C)(C)C)c(O)c4)c3)ccc2O)c1. The van der Waals surface area contributed by atoms with Crippen LogP contribution in [-0.4, -0.2) is 17.3 Å². The number of rotatable bonds is 9. The molecule has 0 spiro atoms. The van der Waals surface area contributed by atoms with Gasteiger partial charge >= 0.3 is 0 Å². The van der Waals surface area contributed by atoms with E-state index in [0.717, 1.165) is 58.6 Å². The van der Waals surface area contributed by atoms with Gasteiger partial charge in [0.05, 0.1) is 7.11 Å². The van der Waals surface area contributed by atoms with Crippen molar-refractivity contribution < 1.29 is 19.7 Å². The third-order valence-electron chi connectivity index (χ3n) is 6.57. The van der Waals surface area contributed by atoms with Crippen molar-refractivity contribution in [3.05, 3.63) is 113 Å². The predicted octanol–water partition coefficient (Wildman–Crippen LogP) is 7.77. The molecule has 4 rings (SSSR count). The molecule has 0 aliphatic heterocycles. The van der Waals surface area contributed by atoms with E-state index in [-0.39, 0.29) is 11.2 Å². The Morgan fingerprint density at radius 3 is 1.84 bits per heavy atom. The number of methoxy groups -OCH3 is 1. The van der Waals surface area contributed by atoms with Crippen molar-refractivity contribution in [1.82, 2.24) is 0 Å². The lowest BCUT2D eigenvalue weighted by atomic mass is 9.85. The molecule has 0 aliphatic carbocycles. The number of aromatic hydroxyl groups is 2. The van der Waals surface area contributed by atoms with Crippen molar-refractivity contribution >= 4 is 0 Å². The maximum absolute atomic E-state index is 10.5. The molecule has 192 valence electrons. The largest absolute Gasteiger partial charge is 0.508 e. The van der Waals surface area contributed by atoms with E-state index in [0.29, 0.717) is 17.9 Å². The van der Waals surface area contributed by atoms with Crippen LogP contribution in [0.2, 0.25) is 0 Å². The van der Waals surface area contributed by atoms with Gasteiger partial charge in [0.1, 0.15) is 28.7 Å². The van der Waals surface area contributed by atoms with Crippen LogP contribution in [0.4, 0.5) is 0 Å². The van der Waals surface area contributed by atoms with Gasteiger partial charge in [-0.3, -0.25) is 0 Å². The van der Waals surface area contributed by atoms with Crippen molar-refractivity contribution in [3.8, 4) is 28.7 Å². The van der Waals surface area contributed by atoms with Crippen molar-refractivity contribution in [2.75, 3.05) is 7.11 Å². The highest BCUT2D eigenvalue weighted by Gasteiger charge is 2.18. The molecule has 4 aromatic rings. The summed E-state index contributed by atoms with van der Waals surface area (Å²) in [7, 11) is 1.66. The highest BCUT2D eigenvalue weighted by molar-refractivity contribution is 5.43. The zero-order chi connectivity index (χ0) is 26.4. The standard InChI is InChI=1S/C33H36O4/c1-33(2,3)30-17-14-25(21-32(30)35)12-11-23-8-6-10-28(20-23)37-29-16-18-31(34)26(22-29)15-13-24-7-5-9-27(19-24)36-4/h5-10,14,16-22,34-35H,11-13,15H2,1-4H3. The average molecular weight is 497 g/mol. The van der Waals surface area contributed by atoms with Crippen LogP contribution >= 0.6 is 0 Å². The highest BCUT2D eigenvalue weighted by atomic mass is 16.5. The molecule has 4 heteroatoms. The number of benzene rings is 4. The second-order valence-electron chi connectivity index (χ2n) is 10.5. The summed E-state index contributed by atoms with van der Waals surface area (Å²) in [6, 6.07) is 27.4. The molecule has 0 fully saturated rings. The topological polar surface area (TPSA) is 58.9 Å². The van der Waals surface area contributed by atoms with Crippen LogP contribution in [0.1, 0.15) is 48.6 Å². The van der Waals surface area contributed by atoms with Crippen molar-refractivity contribution in [2.45, 2.75) is 51.9 Å². The molecular weight excluding hydrogens is 460 g/mol. The summed E-state index contributed by atoms with van der Waals surface area (Å²) >= 11 is 0. The minimum Gasteiger partial charge on any atom is -0.508 e. The average Bonchev–Trinajstić information content (AvgIpc) is 2.87. The van der Waals surface area contributed by atoms with Crippen LogP contribution in [0.25, 0.3) is 0 Å². The molecule has 4 aromatic carbocycles. The van der Waals surface area contributed by atoms with Crippen LogP contribution < -0.4 is 9.47 Å². The zero-order valence-electron chi connectivity index (χ0n) is 22.1. The van der Waals surface area contributed by atoms with Crippen LogP contribution in [0, 0.1) is 0 Å². The first-order chi connectivity index (χ1) is 17.7. The Morgan fingerprint density at radius 2 is 1.19 bits per heavy atom. The molecule has 37 heavy (non-hydrogen) atoms. The third-order valence-corrected chi connectivity index (χ3v) is 6.57. The summed E-state index contributed by atoms with van der Waals surface area (Å²) < 4.78 is 11.5. The first-order valence-corrected chi connectivity index (χ1v) is 12.8. The van der Waals surface area contributed by atoms with E-state index in [9.17, 15) is 10.2 Å². The van der Waals surface area contributed by atoms with E-state index in [1.807, 2.05) is 54.6 Å². The van der Waals surface area contributed by atoms with Gasteiger partial charge in [-0.1, -0.05) is 57.2 Å². The molecule has 0 heterocycles. The molecule has 0 bridgehead atoms. The van der Waals surface area contributed by atoms with Crippen molar-refractivity contribution in [3.63, 3.8) is 0 Å². The van der Waals surface area contributed by atoms with Crippen molar-refractivity contribution in [2.24, 2.45) is 0 Å². The van der Waals surface area contributed by atoms with E-state index in [1.54, 1.807) is 19.2 Å². The number of phenolic OH excluding ortho intramolecular Hbond substituents is 2. The number of hydrogen-bond donors (Lipinski definition) is 2. The van der Waals surface area contributed by atoms with E-state index in [4.69, 9.17) is 9.47 Å². The first kappa shape index (κ1) is 26.2. The molecule has 0 radical (unpaired) electrons. The van der Waals surface area contributed by atoms with Gasteiger partial charge in [0.15, 0.2) is 0 Å². The van der Waals surface area contributed by atoms with Crippen LogP contribution in [0.15, 0.2) is 84.9 Å². The molecule has 0 saturated carbocycles. The third kappa shape index (κ3) is 7.07. The van der Waals surface area contributed by atoms with Gasteiger partial charge < -0.3 is 19.7 Å². The quantitative estimate of drug-likeness (QED) is 0.249. The number of ether oxygens (including phenoxy) is 2. The smallest absolute Gasteiger partial charge is 0.127 e. The molecular formula is C33H36O4. The summed E-state index contributed by atoms with van der Waals surface area (Å²) in [5.41, 5.74) is 5.14. The first-order valence-electron chi connectivity index (χ1n) is 12.8. The number of hydrogen-bond acceptors (Lipinski definition) is 4. The lowest BCUT2D eigenvalue weighted by Crippen LogP contribution is -2.11. The van der Waals surface area contributed by atoms with E-state index < -0.39 is 0 Å². The van der Waals surface area contributed by atoms with E-state index in [1.165, 1.54) is 0 Å². The van der Waals surface area contributed by atoms with Gasteiger partial charge in [-0.2, -0.15) is 0 Å². The molecule has 0 saturated heterocycles. The Morgan fingerprint density at radius 1 is 0.595 bits per heavy atom. The van der Waals surface area contributed by atoms with Gasteiger partial charge in [0.25, 0.3) is 0 Å². The van der Waals surface area contributed by atoms with Gasteiger partial charge in [-0.15, -0.1) is 0 Å². The molecule has 0 unspecified atom stereocenters. The Bertz CT molecular complexity index is 1350. The van der Waals surface area contributed by atoms with E-state index >= 15 is 0 Å². The number of aryl methyl sites for hydroxylation is 4. The van der Waals surface area contributed by atoms with Crippen LogP contribution in [0.5, 0.6) is 28.7 Å². The van der Waals surface area contributed by atoms with Gasteiger partial charge in [-0.25, -0.2) is 0 Å². The summed E-state index contributed by atoms with van der Waals surface area (Å²) in [6.45, 7) is 6.31. The van der Waals surface area contributed by atoms with Crippen molar-refractivity contribution in [1.29, 1.82) is 0 Å². The number of phenols is 2. The fraction of sp³-hybridized carbons (Fsp3) is 0.273. The molecule has 4 nitrogen and oxygen atoms in total. The monoisotopic (exact) mass is 496 g/mol. The van der Waals surface area contributed by atoms with Gasteiger partial charge in [-0.05, 0) is 107 Å². The molecule has 0 aromatic heterocycles. The zero-order valence-corrected chi connectivity index (χ0v) is 22.1. The highest BCUT2D eigenvalue weighted by Crippen LogP contribution is 2.32. The molecule has 0 atom stereocenters. The molecule has 2 N–H and O–H groups in total. The summed E-state index contributed by atoms with van der Waals surface area (Å²) in [4.78, 5) is 0. The van der Waals surface area contributed by atoms with Crippen LogP contribution in [0.3, 0.4) is 0 Å². The van der Waals surface area contributed by atoms with Crippen LogP contribution in [-0.2, 0) is 31.1 Å². The summed E-state index contributed by atoms with van der Waals surface area (Å²) in [6.07, 6.45) is 3.15. The predicted molar refractivity (Wildman–Crippen MR) is 149 cm³/mol. The van der Waals surface area contributed by atoms with Gasteiger partial charge in [0.2, 0.25) is 0 Å². The molecule has 0 aliphatic rings. The molecule has 0 amide bonds. The Labute approximate surface area is 220 Å². The Kier molecular flexibility index (Phi) is 8.08. The normalized spacial score (nSPS) is 11.4. The minimum atomic E-state index is -0.0858. The second kappa shape index (κ2) is 11.4. The fourth-order valence-corrected chi connectivity index (χ4v) is 4.49. The maximum atomic E-state index is 10.5. The fourth-order valence-electron chi connectivity index (χ4n) is 4.49. The van der Waals surface area contributed by atoms with E-state index in [2.05, 4.69) is 39.0 Å². The minimum absolute atomic E-state index is 0.0858. The summed E-state index contributed by atoms with van der Waals surface area (Å²) in [5, 5.41) is 20.8. The Hall–Kier alpha value is -3.92. The Balaban J connectivity index is 1.40. The lowest BCUT2D eigenvalue weighted by molar-refractivity contribution is 0.414. The second-order valence-corrected chi connectivity index (χ2v) is 10.5. The van der Waals surface area contributed by atoms with Gasteiger partial charge in [0, 0.05) is 0 Å². The maximum Gasteiger partial charge on any atom is 0.127 e. The summed E-state index contributed by atoms with van der Waals surface area (Å²) in [5.74, 6) is 2.91.